The molecule has 1 aliphatic rings. The van der Waals surface area contributed by atoms with Gasteiger partial charge < -0.3 is 16.0 Å². The highest BCUT2D eigenvalue weighted by molar-refractivity contribution is 6.07. The summed E-state index contributed by atoms with van der Waals surface area (Å²) in [6.45, 7) is 1.95. The standard InChI is InChI=1S/C15H18N6O/c16-14-13(18-6-7-19-14)15(22)20-11-4-5-17-10-12(11)21-8-2-1-3-9-21/h4-7,10H,1-3,8-9H2,(H2,16,19)(H,17,20,22). The predicted molar refractivity (Wildman–Crippen MR) is 84.7 cm³/mol. The topological polar surface area (TPSA) is 97.0 Å². The van der Waals surface area contributed by atoms with Crippen LogP contribution in [0.15, 0.2) is 30.9 Å². The summed E-state index contributed by atoms with van der Waals surface area (Å²) < 4.78 is 0. The number of amides is 1. The number of hydrogen-bond donors (Lipinski definition) is 2. The molecule has 0 aliphatic carbocycles. The van der Waals surface area contributed by atoms with Crippen molar-refractivity contribution in [1.29, 1.82) is 0 Å². The first-order chi connectivity index (χ1) is 10.8. The average Bonchev–Trinajstić information content (AvgIpc) is 2.56. The largest absolute Gasteiger partial charge is 0.382 e. The molecule has 3 rings (SSSR count). The summed E-state index contributed by atoms with van der Waals surface area (Å²) in [4.78, 5) is 26.6. The Kier molecular flexibility index (Phi) is 4.13. The molecule has 0 radical (unpaired) electrons. The van der Waals surface area contributed by atoms with Crippen molar-refractivity contribution in [2.24, 2.45) is 0 Å². The number of carbonyl (C=O) groups excluding carboxylic acids is 1. The van der Waals surface area contributed by atoms with Crippen molar-refractivity contribution in [3.63, 3.8) is 0 Å². The van der Waals surface area contributed by atoms with Gasteiger partial charge in [0, 0.05) is 31.7 Å². The van der Waals surface area contributed by atoms with Crippen LogP contribution in [0.1, 0.15) is 29.8 Å². The van der Waals surface area contributed by atoms with Crippen LogP contribution < -0.4 is 16.0 Å². The lowest BCUT2D eigenvalue weighted by Crippen LogP contribution is -2.30. The highest BCUT2D eigenvalue weighted by Gasteiger charge is 2.18. The molecule has 114 valence electrons. The number of piperidine rings is 1. The lowest BCUT2D eigenvalue weighted by atomic mass is 10.1. The van der Waals surface area contributed by atoms with Gasteiger partial charge in [0.05, 0.1) is 17.6 Å². The number of nitrogen functional groups attached to an aromatic ring is 1. The molecule has 0 saturated carbocycles. The second-order valence-corrected chi connectivity index (χ2v) is 5.18. The molecular weight excluding hydrogens is 280 g/mol. The van der Waals surface area contributed by atoms with Crippen LogP contribution in [0, 0.1) is 0 Å². The molecular formula is C15H18N6O. The van der Waals surface area contributed by atoms with Gasteiger partial charge in [-0.2, -0.15) is 0 Å². The van der Waals surface area contributed by atoms with Gasteiger partial charge in [0.2, 0.25) is 0 Å². The van der Waals surface area contributed by atoms with Crippen molar-refractivity contribution >= 4 is 23.1 Å². The molecule has 1 saturated heterocycles. The number of hydrogen-bond acceptors (Lipinski definition) is 6. The number of anilines is 3. The first kappa shape index (κ1) is 14.2. The second-order valence-electron chi connectivity index (χ2n) is 5.18. The highest BCUT2D eigenvalue weighted by Crippen LogP contribution is 2.27. The molecule has 3 N–H and O–H groups in total. The first-order valence-electron chi connectivity index (χ1n) is 7.32. The molecule has 22 heavy (non-hydrogen) atoms. The molecule has 3 heterocycles. The maximum atomic E-state index is 12.3. The molecule has 1 fully saturated rings. The number of nitrogens with two attached hydrogens (primary N) is 1. The third kappa shape index (κ3) is 2.98. The first-order valence-corrected chi connectivity index (χ1v) is 7.32. The Morgan fingerprint density at radius 2 is 1.91 bits per heavy atom. The van der Waals surface area contributed by atoms with Crippen LogP contribution >= 0.6 is 0 Å². The predicted octanol–water partition coefficient (Wildman–Crippen LogP) is 1.70. The fourth-order valence-corrected chi connectivity index (χ4v) is 2.58. The Bertz CT molecular complexity index is 669. The number of aromatic nitrogens is 3. The van der Waals surface area contributed by atoms with E-state index in [-0.39, 0.29) is 17.4 Å². The zero-order chi connectivity index (χ0) is 15.4. The Morgan fingerprint density at radius 1 is 1.14 bits per heavy atom. The highest BCUT2D eigenvalue weighted by atomic mass is 16.1. The van der Waals surface area contributed by atoms with Crippen molar-refractivity contribution < 1.29 is 4.79 Å². The number of nitrogens with one attached hydrogen (secondary N) is 1. The molecule has 1 aliphatic heterocycles. The van der Waals surface area contributed by atoms with Gasteiger partial charge in [-0.25, -0.2) is 9.97 Å². The van der Waals surface area contributed by atoms with E-state index in [9.17, 15) is 4.79 Å². The maximum absolute atomic E-state index is 12.3. The van der Waals surface area contributed by atoms with Crippen LogP contribution in [0.3, 0.4) is 0 Å². The number of pyridine rings is 1. The molecule has 7 heteroatoms. The fourth-order valence-electron chi connectivity index (χ4n) is 2.58. The van der Waals surface area contributed by atoms with Gasteiger partial charge in [-0.15, -0.1) is 0 Å². The van der Waals surface area contributed by atoms with E-state index >= 15 is 0 Å². The lowest BCUT2D eigenvalue weighted by molar-refractivity contribution is 0.102. The van der Waals surface area contributed by atoms with Gasteiger partial charge in [-0.3, -0.25) is 9.78 Å². The smallest absolute Gasteiger partial charge is 0.278 e. The van der Waals surface area contributed by atoms with E-state index in [1.165, 1.54) is 18.8 Å². The minimum Gasteiger partial charge on any atom is -0.382 e. The zero-order valence-electron chi connectivity index (χ0n) is 12.2. The van der Waals surface area contributed by atoms with Crippen LogP contribution in [-0.2, 0) is 0 Å². The SMILES string of the molecule is Nc1nccnc1C(=O)Nc1ccncc1N1CCCCC1. The second kappa shape index (κ2) is 6.38. The average molecular weight is 298 g/mol. The maximum Gasteiger partial charge on any atom is 0.278 e. The molecule has 0 bridgehead atoms. The molecule has 7 nitrogen and oxygen atoms in total. The van der Waals surface area contributed by atoms with Crippen molar-refractivity contribution in [3.8, 4) is 0 Å². The van der Waals surface area contributed by atoms with E-state index in [4.69, 9.17) is 5.73 Å². The van der Waals surface area contributed by atoms with E-state index < -0.39 is 0 Å². The van der Waals surface area contributed by atoms with E-state index in [2.05, 4.69) is 25.2 Å². The minimum absolute atomic E-state index is 0.119. The summed E-state index contributed by atoms with van der Waals surface area (Å²) >= 11 is 0. The summed E-state index contributed by atoms with van der Waals surface area (Å²) in [6.07, 6.45) is 9.89. The minimum atomic E-state index is -0.366. The summed E-state index contributed by atoms with van der Waals surface area (Å²) in [5, 5.41) is 2.86. The van der Waals surface area contributed by atoms with Crippen LogP contribution in [0.5, 0.6) is 0 Å². The van der Waals surface area contributed by atoms with Crippen molar-refractivity contribution in [3.05, 3.63) is 36.5 Å². The Balaban J connectivity index is 1.83. The van der Waals surface area contributed by atoms with Gasteiger partial charge in [-0.05, 0) is 25.3 Å². The number of carbonyl (C=O) groups is 1. The Morgan fingerprint density at radius 3 is 2.68 bits per heavy atom. The summed E-state index contributed by atoms with van der Waals surface area (Å²) in [7, 11) is 0. The van der Waals surface area contributed by atoms with Gasteiger partial charge in [0.25, 0.3) is 5.91 Å². The third-order valence-electron chi connectivity index (χ3n) is 3.69. The van der Waals surface area contributed by atoms with E-state index in [0.717, 1.165) is 31.6 Å². The third-order valence-corrected chi connectivity index (χ3v) is 3.69. The van der Waals surface area contributed by atoms with E-state index in [1.807, 2.05) is 0 Å². The number of rotatable bonds is 3. The number of nitrogens with zero attached hydrogens (tertiary/aromatic N) is 4. The summed E-state index contributed by atoms with van der Waals surface area (Å²) in [6, 6.07) is 1.79. The molecule has 0 spiro atoms. The molecule has 0 unspecified atom stereocenters. The van der Waals surface area contributed by atoms with Crippen LogP contribution in [-0.4, -0.2) is 33.9 Å². The molecule has 0 aromatic carbocycles. The normalized spacial score (nSPS) is 14.6. The van der Waals surface area contributed by atoms with Gasteiger partial charge in [0.1, 0.15) is 0 Å². The van der Waals surface area contributed by atoms with Crippen LogP contribution in [0.25, 0.3) is 0 Å². The summed E-state index contributed by atoms with van der Waals surface area (Å²) in [5.41, 5.74) is 7.47. The van der Waals surface area contributed by atoms with Crippen molar-refractivity contribution in [2.75, 3.05) is 29.0 Å². The van der Waals surface area contributed by atoms with Gasteiger partial charge in [-0.1, -0.05) is 0 Å². The lowest BCUT2D eigenvalue weighted by Gasteiger charge is -2.30. The van der Waals surface area contributed by atoms with E-state index in [0.29, 0.717) is 5.69 Å². The molecule has 2 aromatic rings. The monoisotopic (exact) mass is 298 g/mol. The van der Waals surface area contributed by atoms with Gasteiger partial charge >= 0.3 is 0 Å². The molecule has 2 aromatic heterocycles. The van der Waals surface area contributed by atoms with Crippen LogP contribution in [0.2, 0.25) is 0 Å². The Hall–Kier alpha value is -2.70. The zero-order valence-corrected chi connectivity index (χ0v) is 12.2. The molecule has 0 atom stereocenters. The van der Waals surface area contributed by atoms with E-state index in [1.54, 1.807) is 18.5 Å². The summed E-state index contributed by atoms with van der Waals surface area (Å²) in [5.74, 6) is -0.247. The van der Waals surface area contributed by atoms with Crippen molar-refractivity contribution in [2.45, 2.75) is 19.3 Å². The van der Waals surface area contributed by atoms with Gasteiger partial charge in [0.15, 0.2) is 11.5 Å². The van der Waals surface area contributed by atoms with Crippen LogP contribution in [0.4, 0.5) is 17.2 Å². The fraction of sp³-hybridized carbons (Fsp3) is 0.333. The quantitative estimate of drug-likeness (QED) is 0.895. The van der Waals surface area contributed by atoms with Crippen molar-refractivity contribution in [1.82, 2.24) is 15.0 Å². The Labute approximate surface area is 128 Å². The molecule has 1 amide bonds.